The van der Waals surface area contributed by atoms with Crippen LogP contribution in [0.4, 0.5) is 11.4 Å². The number of nitro groups is 1. The molecule has 33 heavy (non-hydrogen) atoms. The summed E-state index contributed by atoms with van der Waals surface area (Å²) >= 11 is 0. The fourth-order valence-electron chi connectivity index (χ4n) is 3.73. The van der Waals surface area contributed by atoms with E-state index in [2.05, 4.69) is 20.4 Å². The monoisotopic (exact) mass is 450 g/mol. The van der Waals surface area contributed by atoms with E-state index in [9.17, 15) is 14.9 Å². The number of amides is 1. The van der Waals surface area contributed by atoms with Gasteiger partial charge in [-0.05, 0) is 13.0 Å². The van der Waals surface area contributed by atoms with Gasteiger partial charge < -0.3 is 14.7 Å². The van der Waals surface area contributed by atoms with Crippen LogP contribution in [0.2, 0.25) is 0 Å². The number of aryl methyl sites for hydroxylation is 1. The molecular weight excluding hydrogens is 424 g/mol. The minimum atomic E-state index is -0.434. The molecule has 1 amide bonds. The van der Waals surface area contributed by atoms with Crippen molar-refractivity contribution in [3.63, 3.8) is 0 Å². The first-order chi connectivity index (χ1) is 16.0. The molecule has 10 heteroatoms. The molecule has 0 saturated carbocycles. The van der Waals surface area contributed by atoms with Crippen LogP contribution in [0.25, 0.3) is 11.4 Å². The molecule has 172 valence electrons. The van der Waals surface area contributed by atoms with Gasteiger partial charge in [-0.2, -0.15) is 4.98 Å². The lowest BCUT2D eigenvalue weighted by Gasteiger charge is -2.34. The Morgan fingerprint density at radius 1 is 1.12 bits per heavy atom. The highest BCUT2D eigenvalue weighted by atomic mass is 16.6. The van der Waals surface area contributed by atoms with E-state index in [4.69, 9.17) is 4.52 Å². The van der Waals surface area contributed by atoms with Crippen LogP contribution < -0.4 is 5.32 Å². The van der Waals surface area contributed by atoms with Crippen molar-refractivity contribution in [2.75, 3.05) is 38.0 Å². The first kappa shape index (κ1) is 22.4. The molecule has 1 aromatic heterocycles. The predicted molar refractivity (Wildman–Crippen MR) is 123 cm³/mol. The third kappa shape index (κ3) is 5.72. The molecule has 1 N–H and O–H groups in total. The van der Waals surface area contributed by atoms with E-state index in [0.29, 0.717) is 56.7 Å². The van der Waals surface area contributed by atoms with Crippen LogP contribution in [0.15, 0.2) is 53.1 Å². The average Bonchev–Trinajstić information content (AvgIpc) is 3.28. The molecule has 2 aromatic carbocycles. The van der Waals surface area contributed by atoms with Crippen LogP contribution in [0.1, 0.15) is 17.9 Å². The molecule has 10 nitrogen and oxygen atoms in total. The number of aromatic nitrogens is 2. The van der Waals surface area contributed by atoms with Crippen molar-refractivity contribution in [3.8, 4) is 11.4 Å². The molecule has 1 fully saturated rings. The minimum Gasteiger partial charge on any atom is -0.379 e. The normalized spacial score (nSPS) is 14.3. The van der Waals surface area contributed by atoms with Gasteiger partial charge in [-0.15, -0.1) is 0 Å². The molecule has 1 aliphatic rings. The van der Waals surface area contributed by atoms with Gasteiger partial charge in [-0.3, -0.25) is 19.8 Å². The lowest BCUT2D eigenvalue weighted by atomic mass is 10.1. The lowest BCUT2D eigenvalue weighted by molar-refractivity contribution is -0.384. The Bertz CT molecular complexity index is 1110. The smallest absolute Gasteiger partial charge is 0.292 e. The van der Waals surface area contributed by atoms with Gasteiger partial charge in [0.25, 0.3) is 5.69 Å². The summed E-state index contributed by atoms with van der Waals surface area (Å²) in [4.78, 5) is 31.7. The molecule has 4 rings (SSSR count). The predicted octanol–water partition coefficient (Wildman–Crippen LogP) is 3.10. The van der Waals surface area contributed by atoms with Crippen LogP contribution in [0.3, 0.4) is 0 Å². The van der Waals surface area contributed by atoms with Gasteiger partial charge in [0.05, 0.1) is 11.5 Å². The Hall–Kier alpha value is -3.79. The van der Waals surface area contributed by atoms with Crippen LogP contribution in [-0.2, 0) is 11.3 Å². The zero-order valence-electron chi connectivity index (χ0n) is 18.4. The first-order valence-electron chi connectivity index (χ1n) is 10.9. The van der Waals surface area contributed by atoms with Crippen molar-refractivity contribution in [2.45, 2.75) is 19.9 Å². The number of piperazine rings is 1. The Balaban J connectivity index is 1.22. The largest absolute Gasteiger partial charge is 0.379 e. The van der Waals surface area contributed by atoms with Gasteiger partial charge in [-0.1, -0.05) is 47.1 Å². The maximum absolute atomic E-state index is 12.5. The summed E-state index contributed by atoms with van der Waals surface area (Å²) in [5.41, 5.74) is 2.52. The number of rotatable bonds is 8. The number of nitro benzene ring substituents is 1. The summed E-state index contributed by atoms with van der Waals surface area (Å²) in [6.45, 7) is 5.57. The van der Waals surface area contributed by atoms with Gasteiger partial charge in [0.1, 0.15) is 5.69 Å². The highest BCUT2D eigenvalue weighted by Gasteiger charge is 2.23. The number of anilines is 1. The number of hydrogen-bond donors (Lipinski definition) is 1. The number of carbonyl (C=O) groups is 1. The molecule has 1 saturated heterocycles. The molecular formula is C23H26N6O4. The summed E-state index contributed by atoms with van der Waals surface area (Å²) in [5.74, 6) is 1.16. The Morgan fingerprint density at radius 2 is 1.85 bits per heavy atom. The number of nitrogens with one attached hydrogen (secondary N) is 1. The van der Waals surface area contributed by atoms with E-state index < -0.39 is 4.92 Å². The van der Waals surface area contributed by atoms with Crippen LogP contribution in [-0.4, -0.2) is 63.5 Å². The number of hydrogen-bond acceptors (Lipinski definition) is 8. The van der Waals surface area contributed by atoms with Gasteiger partial charge in [-0.25, -0.2) is 0 Å². The standard InChI is InChI=1S/C23H26N6O4/c1-17-6-8-18(9-7-17)23-25-21(33-26-23)16-27-12-14-28(15-13-27)22(30)10-11-24-19-4-2-3-5-20(19)29(31)32/h2-9,24H,10-16H2,1H3. The van der Waals surface area contributed by atoms with E-state index in [1.54, 1.807) is 18.2 Å². The van der Waals surface area contributed by atoms with E-state index in [1.807, 2.05) is 36.1 Å². The molecule has 0 spiro atoms. The van der Waals surface area contributed by atoms with Crippen molar-refractivity contribution in [2.24, 2.45) is 0 Å². The fourth-order valence-corrected chi connectivity index (χ4v) is 3.73. The van der Waals surface area contributed by atoms with E-state index in [1.165, 1.54) is 11.6 Å². The van der Waals surface area contributed by atoms with Gasteiger partial charge in [0.15, 0.2) is 0 Å². The second-order valence-corrected chi connectivity index (χ2v) is 7.99. The van der Waals surface area contributed by atoms with Crippen molar-refractivity contribution < 1.29 is 14.2 Å². The summed E-state index contributed by atoms with van der Waals surface area (Å²) < 4.78 is 5.41. The summed E-state index contributed by atoms with van der Waals surface area (Å²) in [6.07, 6.45) is 0.273. The fraction of sp³-hybridized carbons (Fsp3) is 0.348. The Morgan fingerprint density at radius 3 is 2.58 bits per heavy atom. The summed E-state index contributed by atoms with van der Waals surface area (Å²) in [6, 6.07) is 14.4. The SMILES string of the molecule is Cc1ccc(-c2noc(CN3CCN(C(=O)CCNc4ccccc4[N+](=O)[O-])CC3)n2)cc1. The van der Waals surface area contributed by atoms with Crippen LogP contribution in [0, 0.1) is 17.0 Å². The maximum Gasteiger partial charge on any atom is 0.292 e. The van der Waals surface area contributed by atoms with Crippen LogP contribution in [0.5, 0.6) is 0 Å². The molecule has 3 aromatic rings. The molecule has 0 bridgehead atoms. The van der Waals surface area contributed by atoms with E-state index in [-0.39, 0.29) is 18.0 Å². The molecule has 0 radical (unpaired) electrons. The molecule has 0 aliphatic carbocycles. The average molecular weight is 450 g/mol. The quantitative estimate of drug-likeness (QED) is 0.411. The zero-order chi connectivity index (χ0) is 23.2. The number of nitrogens with zero attached hydrogens (tertiary/aromatic N) is 5. The number of carbonyl (C=O) groups excluding carboxylic acids is 1. The van der Waals surface area contributed by atoms with Crippen molar-refractivity contribution in [3.05, 3.63) is 70.1 Å². The topological polar surface area (TPSA) is 118 Å². The van der Waals surface area contributed by atoms with Gasteiger partial charge in [0.2, 0.25) is 17.6 Å². The van der Waals surface area contributed by atoms with E-state index >= 15 is 0 Å². The minimum absolute atomic E-state index is 0.00474. The third-order valence-electron chi connectivity index (χ3n) is 5.62. The second kappa shape index (κ2) is 10.2. The Labute approximate surface area is 191 Å². The number of benzene rings is 2. The maximum atomic E-state index is 12.5. The highest BCUT2D eigenvalue weighted by Crippen LogP contribution is 2.23. The van der Waals surface area contributed by atoms with Gasteiger partial charge >= 0.3 is 0 Å². The molecule has 1 aliphatic heterocycles. The molecule has 0 atom stereocenters. The number of para-hydroxylation sites is 2. The van der Waals surface area contributed by atoms with E-state index in [0.717, 1.165) is 5.56 Å². The first-order valence-corrected chi connectivity index (χ1v) is 10.9. The summed E-state index contributed by atoms with van der Waals surface area (Å²) in [5, 5.41) is 18.2. The lowest BCUT2D eigenvalue weighted by Crippen LogP contribution is -2.48. The van der Waals surface area contributed by atoms with Crippen molar-refractivity contribution >= 4 is 17.3 Å². The molecule has 0 unspecified atom stereocenters. The summed E-state index contributed by atoms with van der Waals surface area (Å²) in [7, 11) is 0. The zero-order valence-corrected chi connectivity index (χ0v) is 18.4. The van der Waals surface area contributed by atoms with Crippen molar-refractivity contribution in [1.82, 2.24) is 19.9 Å². The highest BCUT2D eigenvalue weighted by molar-refractivity contribution is 5.77. The Kier molecular flexibility index (Phi) is 6.94. The van der Waals surface area contributed by atoms with Gasteiger partial charge in [0, 0.05) is 50.8 Å². The van der Waals surface area contributed by atoms with Crippen molar-refractivity contribution in [1.29, 1.82) is 0 Å². The molecule has 2 heterocycles. The second-order valence-electron chi connectivity index (χ2n) is 7.99. The third-order valence-corrected chi connectivity index (χ3v) is 5.62. The van der Waals surface area contributed by atoms with Crippen LogP contribution >= 0.6 is 0 Å².